The van der Waals surface area contributed by atoms with Crippen LogP contribution in [0.4, 0.5) is 4.39 Å². The summed E-state index contributed by atoms with van der Waals surface area (Å²) >= 11 is 0. The molecule has 0 atom stereocenters. The van der Waals surface area contributed by atoms with Crippen LogP contribution in [0.2, 0.25) is 0 Å². The smallest absolute Gasteiger partial charge is 0.220 e. The first-order valence-corrected chi connectivity index (χ1v) is 7.88. The Morgan fingerprint density at radius 2 is 1.86 bits per heavy atom. The van der Waals surface area contributed by atoms with Crippen LogP contribution in [0.5, 0.6) is 0 Å². The van der Waals surface area contributed by atoms with Crippen molar-refractivity contribution in [1.29, 1.82) is 0 Å². The molecule has 1 amide bonds. The molecule has 1 aliphatic carbocycles. The van der Waals surface area contributed by atoms with Gasteiger partial charge in [-0.15, -0.1) is 0 Å². The van der Waals surface area contributed by atoms with Crippen molar-refractivity contribution in [2.45, 2.75) is 44.9 Å². The minimum atomic E-state index is -0.369. The van der Waals surface area contributed by atoms with Gasteiger partial charge in [0.05, 0.1) is 0 Å². The largest absolute Gasteiger partial charge is 0.356 e. The number of ketones is 1. The van der Waals surface area contributed by atoms with Gasteiger partial charge in [0, 0.05) is 24.9 Å². The topological polar surface area (TPSA) is 46.2 Å². The highest BCUT2D eigenvalue weighted by atomic mass is 19.1. The number of benzene rings is 1. The zero-order valence-corrected chi connectivity index (χ0v) is 12.7. The van der Waals surface area contributed by atoms with Crippen LogP contribution < -0.4 is 5.32 Å². The second-order valence-corrected chi connectivity index (χ2v) is 5.64. The lowest BCUT2D eigenvalue weighted by Crippen LogP contribution is -2.25. The summed E-state index contributed by atoms with van der Waals surface area (Å²) in [4.78, 5) is 23.6. The molecule has 0 bridgehead atoms. The Labute approximate surface area is 130 Å². The number of allylic oxidation sites excluding steroid dienone is 1. The van der Waals surface area contributed by atoms with E-state index in [4.69, 9.17) is 0 Å². The average Bonchev–Trinajstić information content (AvgIpc) is 2.54. The number of halogens is 1. The van der Waals surface area contributed by atoms with Crippen molar-refractivity contribution < 1.29 is 14.0 Å². The molecule has 22 heavy (non-hydrogen) atoms. The van der Waals surface area contributed by atoms with E-state index in [1.807, 2.05) is 0 Å². The van der Waals surface area contributed by atoms with Crippen LogP contribution in [0.3, 0.4) is 0 Å². The second-order valence-electron chi connectivity index (χ2n) is 5.64. The fourth-order valence-electron chi connectivity index (χ4n) is 2.59. The first-order chi connectivity index (χ1) is 10.6. The van der Waals surface area contributed by atoms with Gasteiger partial charge in [0.1, 0.15) is 5.82 Å². The van der Waals surface area contributed by atoms with Crippen LogP contribution in [0.25, 0.3) is 0 Å². The molecular formula is C18H22FNO2. The van der Waals surface area contributed by atoms with Gasteiger partial charge in [-0.05, 0) is 56.4 Å². The van der Waals surface area contributed by atoms with Crippen molar-refractivity contribution in [1.82, 2.24) is 5.32 Å². The third-order valence-corrected chi connectivity index (χ3v) is 3.90. The minimum Gasteiger partial charge on any atom is -0.356 e. The molecule has 0 fully saturated rings. The third kappa shape index (κ3) is 5.43. The maximum absolute atomic E-state index is 12.8. The summed E-state index contributed by atoms with van der Waals surface area (Å²) in [5, 5.41) is 2.85. The summed E-state index contributed by atoms with van der Waals surface area (Å²) in [6.07, 6.45) is 8.29. The first-order valence-electron chi connectivity index (χ1n) is 7.88. The SMILES string of the molecule is O=C(CCC(=O)c1ccc(F)cc1)NCCC1=CCCCC1. The first kappa shape index (κ1) is 16.4. The summed E-state index contributed by atoms with van der Waals surface area (Å²) in [5.74, 6) is -0.608. The highest BCUT2D eigenvalue weighted by Crippen LogP contribution is 2.19. The van der Waals surface area contributed by atoms with E-state index >= 15 is 0 Å². The molecule has 0 saturated carbocycles. The van der Waals surface area contributed by atoms with Gasteiger partial charge in [-0.3, -0.25) is 9.59 Å². The summed E-state index contributed by atoms with van der Waals surface area (Å²) in [7, 11) is 0. The maximum atomic E-state index is 12.8. The van der Waals surface area contributed by atoms with E-state index in [9.17, 15) is 14.0 Å². The van der Waals surface area contributed by atoms with Crippen molar-refractivity contribution >= 4 is 11.7 Å². The van der Waals surface area contributed by atoms with Crippen molar-refractivity contribution in [2.75, 3.05) is 6.54 Å². The van der Waals surface area contributed by atoms with Crippen LogP contribution >= 0.6 is 0 Å². The number of rotatable bonds is 7. The van der Waals surface area contributed by atoms with Gasteiger partial charge >= 0.3 is 0 Å². The molecule has 0 aliphatic heterocycles. The Kier molecular flexibility index (Phi) is 6.31. The van der Waals surface area contributed by atoms with E-state index < -0.39 is 0 Å². The molecule has 0 aromatic heterocycles. The lowest BCUT2D eigenvalue weighted by molar-refractivity contribution is -0.121. The Balaban J connectivity index is 1.65. The summed E-state index contributed by atoms with van der Waals surface area (Å²) in [5.41, 5.74) is 1.87. The fraction of sp³-hybridized carbons (Fsp3) is 0.444. The minimum absolute atomic E-state index is 0.105. The van der Waals surface area contributed by atoms with Crippen molar-refractivity contribution in [3.05, 3.63) is 47.3 Å². The molecule has 0 saturated heterocycles. The van der Waals surface area contributed by atoms with Crippen molar-refractivity contribution in [2.24, 2.45) is 0 Å². The third-order valence-electron chi connectivity index (χ3n) is 3.90. The van der Waals surface area contributed by atoms with Crippen LogP contribution in [0, 0.1) is 5.82 Å². The fourth-order valence-corrected chi connectivity index (χ4v) is 2.59. The molecule has 0 unspecified atom stereocenters. The molecule has 118 valence electrons. The summed E-state index contributed by atoms with van der Waals surface area (Å²) in [6.45, 7) is 0.634. The molecule has 1 N–H and O–H groups in total. The number of nitrogens with one attached hydrogen (secondary N) is 1. The second kappa shape index (κ2) is 8.47. The number of Topliss-reactive ketones (excluding diaryl/α,β-unsaturated/α-hetero) is 1. The van der Waals surface area contributed by atoms with Gasteiger partial charge in [-0.1, -0.05) is 11.6 Å². The molecular weight excluding hydrogens is 281 g/mol. The van der Waals surface area contributed by atoms with Gasteiger partial charge < -0.3 is 5.32 Å². The molecule has 0 spiro atoms. The van der Waals surface area contributed by atoms with E-state index in [1.54, 1.807) is 0 Å². The van der Waals surface area contributed by atoms with E-state index in [0.717, 1.165) is 19.3 Å². The van der Waals surface area contributed by atoms with Crippen LogP contribution in [-0.4, -0.2) is 18.2 Å². The van der Waals surface area contributed by atoms with E-state index in [-0.39, 0.29) is 30.3 Å². The highest BCUT2D eigenvalue weighted by Gasteiger charge is 2.10. The Morgan fingerprint density at radius 3 is 2.55 bits per heavy atom. The Bertz CT molecular complexity index is 549. The molecule has 1 aromatic carbocycles. The standard InChI is InChI=1S/C18H22FNO2/c19-16-8-6-15(7-9-16)17(21)10-11-18(22)20-13-12-14-4-2-1-3-5-14/h4,6-9H,1-3,5,10-13H2,(H,20,22). The summed E-state index contributed by atoms with van der Waals surface area (Å²) in [6, 6.07) is 5.41. The zero-order valence-electron chi connectivity index (χ0n) is 12.7. The van der Waals surface area contributed by atoms with Gasteiger partial charge in [0.25, 0.3) is 0 Å². The monoisotopic (exact) mass is 303 g/mol. The van der Waals surface area contributed by atoms with E-state index in [1.165, 1.54) is 42.7 Å². The summed E-state index contributed by atoms with van der Waals surface area (Å²) < 4.78 is 12.8. The molecule has 1 aliphatic rings. The van der Waals surface area contributed by atoms with Crippen LogP contribution in [-0.2, 0) is 4.79 Å². The number of carbonyl (C=O) groups excluding carboxylic acids is 2. The normalized spacial score (nSPS) is 14.3. The molecule has 0 radical (unpaired) electrons. The quantitative estimate of drug-likeness (QED) is 0.615. The molecule has 0 heterocycles. The lowest BCUT2D eigenvalue weighted by Gasteiger charge is -2.12. The van der Waals surface area contributed by atoms with Crippen LogP contribution in [0.15, 0.2) is 35.9 Å². The number of amides is 1. The van der Waals surface area contributed by atoms with Crippen LogP contribution in [0.1, 0.15) is 55.3 Å². The van der Waals surface area contributed by atoms with E-state index in [0.29, 0.717) is 12.1 Å². The van der Waals surface area contributed by atoms with Crippen molar-refractivity contribution in [3.8, 4) is 0 Å². The Morgan fingerprint density at radius 1 is 1.09 bits per heavy atom. The lowest BCUT2D eigenvalue weighted by atomic mass is 9.97. The number of hydrogen-bond acceptors (Lipinski definition) is 2. The Hall–Kier alpha value is -1.97. The van der Waals surface area contributed by atoms with Gasteiger partial charge in [-0.25, -0.2) is 4.39 Å². The maximum Gasteiger partial charge on any atom is 0.220 e. The highest BCUT2D eigenvalue weighted by molar-refractivity contribution is 5.97. The number of carbonyl (C=O) groups is 2. The zero-order chi connectivity index (χ0) is 15.8. The molecule has 2 rings (SSSR count). The molecule has 3 nitrogen and oxygen atoms in total. The predicted octanol–water partition coefficient (Wildman–Crippen LogP) is 3.80. The van der Waals surface area contributed by atoms with Gasteiger partial charge in [-0.2, -0.15) is 0 Å². The number of hydrogen-bond donors (Lipinski definition) is 1. The predicted molar refractivity (Wildman–Crippen MR) is 84.1 cm³/mol. The van der Waals surface area contributed by atoms with E-state index in [2.05, 4.69) is 11.4 Å². The van der Waals surface area contributed by atoms with Gasteiger partial charge in [0.2, 0.25) is 5.91 Å². The molecule has 1 aromatic rings. The van der Waals surface area contributed by atoms with Gasteiger partial charge in [0.15, 0.2) is 5.78 Å². The van der Waals surface area contributed by atoms with Crippen molar-refractivity contribution in [3.63, 3.8) is 0 Å². The molecule has 4 heteroatoms. The average molecular weight is 303 g/mol.